The molecule has 4 rings (SSSR count). The first-order valence-corrected chi connectivity index (χ1v) is 9.43. The first-order valence-electron chi connectivity index (χ1n) is 9.43. The smallest absolute Gasteiger partial charge is 0.452 e. The molecule has 0 bridgehead atoms. The van der Waals surface area contributed by atoms with E-state index in [1.165, 1.54) is 50.4 Å². The number of carbonyl (C=O) groups excluding carboxylic acids is 1. The summed E-state index contributed by atoms with van der Waals surface area (Å²) >= 11 is 0. The second-order valence-corrected chi connectivity index (χ2v) is 6.85. The van der Waals surface area contributed by atoms with E-state index in [4.69, 9.17) is 10.5 Å². The van der Waals surface area contributed by atoms with Crippen LogP contribution in [0.2, 0.25) is 0 Å². The second kappa shape index (κ2) is 9.77. The molecule has 32 heavy (non-hydrogen) atoms. The number of pyridine rings is 1. The summed E-state index contributed by atoms with van der Waals surface area (Å²) in [7, 11) is 1.20. The summed E-state index contributed by atoms with van der Waals surface area (Å²) in [6.07, 6.45) is -1.10. The Labute approximate surface area is 180 Å². The van der Waals surface area contributed by atoms with E-state index in [2.05, 4.69) is 19.4 Å². The maximum Gasteiger partial charge on any atom is 0.452 e. The molecule has 2 aromatic heterocycles. The molecular formula is C21H19F4N3O4. The number of alkyl halides is 3. The molecule has 1 fully saturated rings. The summed E-state index contributed by atoms with van der Waals surface area (Å²) in [5.41, 5.74) is 5.12. The molecular weight excluding hydrogens is 434 g/mol. The summed E-state index contributed by atoms with van der Waals surface area (Å²) in [5, 5.41) is 3.46. The number of halogens is 4. The molecule has 0 radical (unpaired) electrons. The normalized spacial score (nSPS) is 13.2. The Balaban J connectivity index is 0.000000650. The zero-order chi connectivity index (χ0) is 23.3. The van der Waals surface area contributed by atoms with Crippen LogP contribution in [0, 0.1) is 5.82 Å². The number of benzene rings is 1. The number of hydrogen-bond donors (Lipinski definition) is 1. The molecule has 0 saturated heterocycles. The molecule has 7 nitrogen and oxygen atoms in total. The van der Waals surface area contributed by atoms with Crippen molar-refractivity contribution >= 4 is 5.97 Å². The number of carbonyl (C=O) groups is 1. The number of nitrogens with zero attached hydrogens (tertiary/aromatic N) is 2. The van der Waals surface area contributed by atoms with Gasteiger partial charge in [-0.1, -0.05) is 5.16 Å². The van der Waals surface area contributed by atoms with E-state index in [1.807, 2.05) is 0 Å². The number of hydrogen-bond acceptors (Lipinski definition) is 7. The number of nitrogens with two attached hydrogens (primary N) is 1. The molecule has 170 valence electrons. The van der Waals surface area contributed by atoms with E-state index in [0.717, 1.165) is 12.1 Å². The molecule has 1 aromatic carbocycles. The van der Waals surface area contributed by atoms with Gasteiger partial charge in [-0.15, -0.1) is 0 Å². The lowest BCUT2D eigenvalue weighted by molar-refractivity contribution is -0.156. The molecule has 0 aliphatic heterocycles. The van der Waals surface area contributed by atoms with E-state index >= 15 is 0 Å². The first-order chi connectivity index (χ1) is 15.2. The highest BCUT2D eigenvalue weighted by molar-refractivity contribution is 5.88. The maximum atomic E-state index is 13.2. The van der Waals surface area contributed by atoms with E-state index in [-0.39, 0.29) is 28.3 Å². The van der Waals surface area contributed by atoms with Gasteiger partial charge in [-0.3, -0.25) is 0 Å². The lowest BCUT2D eigenvalue weighted by Gasteiger charge is -2.09. The van der Waals surface area contributed by atoms with Gasteiger partial charge in [0.15, 0.2) is 0 Å². The van der Waals surface area contributed by atoms with Gasteiger partial charge in [0.05, 0.1) is 18.2 Å². The summed E-state index contributed by atoms with van der Waals surface area (Å²) in [4.78, 5) is 15.2. The Morgan fingerprint density at radius 3 is 2.34 bits per heavy atom. The predicted molar refractivity (Wildman–Crippen MR) is 104 cm³/mol. The van der Waals surface area contributed by atoms with Gasteiger partial charge in [0.1, 0.15) is 18.1 Å². The van der Waals surface area contributed by atoms with Crippen LogP contribution < -0.4 is 10.5 Å². The SMILES string of the molecule is COC(=O)c1ccc(OCc2c(-c3ccc(F)cc3)noc2C(F)(F)F)nc1.NC1CC1. The van der Waals surface area contributed by atoms with Crippen LogP contribution in [-0.4, -0.2) is 29.3 Å². The third-order valence-corrected chi connectivity index (χ3v) is 4.31. The average Bonchev–Trinajstić information content (AvgIpc) is 3.43. The van der Waals surface area contributed by atoms with Crippen LogP contribution in [0.25, 0.3) is 11.3 Å². The highest BCUT2D eigenvalue weighted by atomic mass is 19.4. The third kappa shape index (κ3) is 6.03. The Morgan fingerprint density at radius 1 is 1.19 bits per heavy atom. The van der Waals surface area contributed by atoms with Gasteiger partial charge >= 0.3 is 12.1 Å². The number of methoxy groups -OCH3 is 1. The Morgan fingerprint density at radius 2 is 1.84 bits per heavy atom. The van der Waals surface area contributed by atoms with Gasteiger partial charge in [0.2, 0.25) is 11.6 Å². The van der Waals surface area contributed by atoms with Crippen molar-refractivity contribution in [3.63, 3.8) is 0 Å². The fraction of sp³-hybridized carbons (Fsp3) is 0.286. The van der Waals surface area contributed by atoms with Crippen molar-refractivity contribution in [3.8, 4) is 17.1 Å². The third-order valence-electron chi connectivity index (χ3n) is 4.31. The zero-order valence-corrected chi connectivity index (χ0v) is 16.9. The predicted octanol–water partition coefficient (Wildman–Crippen LogP) is 4.37. The van der Waals surface area contributed by atoms with Crippen molar-refractivity contribution in [1.29, 1.82) is 0 Å². The van der Waals surface area contributed by atoms with E-state index < -0.39 is 30.3 Å². The summed E-state index contributed by atoms with van der Waals surface area (Å²) in [6.45, 7) is -0.560. The molecule has 1 saturated carbocycles. The fourth-order valence-electron chi connectivity index (χ4n) is 2.45. The Kier molecular flexibility index (Phi) is 7.08. The number of rotatable bonds is 5. The summed E-state index contributed by atoms with van der Waals surface area (Å²) < 4.78 is 67.1. The van der Waals surface area contributed by atoms with Gasteiger partial charge in [-0.05, 0) is 43.2 Å². The van der Waals surface area contributed by atoms with Crippen LogP contribution in [0.15, 0.2) is 47.1 Å². The number of esters is 1. The van der Waals surface area contributed by atoms with Gasteiger partial charge in [0.25, 0.3) is 0 Å². The Hall–Kier alpha value is -3.47. The largest absolute Gasteiger partial charge is 0.473 e. The van der Waals surface area contributed by atoms with Crippen LogP contribution in [0.1, 0.15) is 34.5 Å². The van der Waals surface area contributed by atoms with Gasteiger partial charge in [-0.2, -0.15) is 13.2 Å². The van der Waals surface area contributed by atoms with Crippen LogP contribution in [0.5, 0.6) is 5.88 Å². The average molecular weight is 453 g/mol. The van der Waals surface area contributed by atoms with Crippen molar-refractivity contribution in [2.24, 2.45) is 5.73 Å². The zero-order valence-electron chi connectivity index (χ0n) is 16.9. The lowest BCUT2D eigenvalue weighted by atomic mass is 10.1. The van der Waals surface area contributed by atoms with Crippen molar-refractivity contribution in [2.75, 3.05) is 7.11 Å². The molecule has 2 N–H and O–H groups in total. The first kappa shape index (κ1) is 23.2. The van der Waals surface area contributed by atoms with E-state index in [9.17, 15) is 22.4 Å². The molecule has 0 atom stereocenters. The highest BCUT2D eigenvalue weighted by Gasteiger charge is 2.40. The Bertz CT molecular complexity index is 1050. The molecule has 1 aliphatic rings. The molecule has 0 unspecified atom stereocenters. The van der Waals surface area contributed by atoms with Crippen molar-refractivity contribution in [1.82, 2.24) is 10.1 Å². The highest BCUT2D eigenvalue weighted by Crippen LogP contribution is 2.37. The van der Waals surface area contributed by atoms with Crippen LogP contribution in [0.4, 0.5) is 17.6 Å². The molecule has 1 aliphatic carbocycles. The van der Waals surface area contributed by atoms with Crippen molar-refractivity contribution in [2.45, 2.75) is 31.7 Å². The van der Waals surface area contributed by atoms with Crippen LogP contribution in [0.3, 0.4) is 0 Å². The number of aromatic nitrogens is 2. The standard InChI is InChI=1S/C18H12F4N2O4.C3H7N/c1-26-17(25)11-4-7-14(23-8-11)27-9-13-15(10-2-5-12(19)6-3-10)24-28-16(13)18(20,21)22;4-3-1-2-3/h2-8H,9H2,1H3;3H,1-2,4H2. The topological polar surface area (TPSA) is 100 Å². The molecule has 2 heterocycles. The van der Waals surface area contributed by atoms with Crippen LogP contribution >= 0.6 is 0 Å². The van der Waals surface area contributed by atoms with E-state index in [0.29, 0.717) is 6.04 Å². The number of ether oxygens (including phenoxy) is 2. The summed E-state index contributed by atoms with van der Waals surface area (Å²) in [5.74, 6) is -2.50. The molecule has 11 heteroatoms. The van der Waals surface area contributed by atoms with Gasteiger partial charge < -0.3 is 19.7 Å². The molecule has 0 spiro atoms. The van der Waals surface area contributed by atoms with Gasteiger partial charge in [-0.25, -0.2) is 14.2 Å². The van der Waals surface area contributed by atoms with E-state index in [1.54, 1.807) is 0 Å². The van der Waals surface area contributed by atoms with Crippen molar-refractivity contribution in [3.05, 3.63) is 65.3 Å². The molecule has 0 amide bonds. The monoisotopic (exact) mass is 453 g/mol. The summed E-state index contributed by atoms with van der Waals surface area (Å²) in [6, 6.07) is 7.99. The minimum Gasteiger partial charge on any atom is -0.473 e. The maximum absolute atomic E-state index is 13.2. The quantitative estimate of drug-likeness (QED) is 0.452. The molecule has 3 aromatic rings. The van der Waals surface area contributed by atoms with Crippen LogP contribution in [-0.2, 0) is 17.5 Å². The lowest BCUT2D eigenvalue weighted by Crippen LogP contribution is -2.10. The van der Waals surface area contributed by atoms with Gasteiger partial charge in [0, 0.05) is 23.9 Å². The fourth-order valence-corrected chi connectivity index (χ4v) is 2.45. The van der Waals surface area contributed by atoms with Crippen molar-refractivity contribution < 1.29 is 36.4 Å². The minimum absolute atomic E-state index is 0.0213. The minimum atomic E-state index is -4.80. The second-order valence-electron chi connectivity index (χ2n) is 6.85.